The second-order valence-electron chi connectivity index (χ2n) is 11.0. The van der Waals surface area contributed by atoms with Crippen molar-refractivity contribution in [1.29, 1.82) is 0 Å². The lowest BCUT2D eigenvalue weighted by Crippen LogP contribution is -2.54. The zero-order chi connectivity index (χ0) is 33.8. The summed E-state index contributed by atoms with van der Waals surface area (Å²) in [4.78, 5) is 42.2. The van der Waals surface area contributed by atoms with E-state index in [1.165, 1.54) is 30.5 Å². The largest absolute Gasteiger partial charge is 0.417 e. The molecule has 1 atom stereocenters. The normalized spacial score (nSPS) is 17.5. The molecule has 0 bridgehead atoms. The molecule has 0 unspecified atom stereocenters. The number of sulfone groups is 1. The number of carbonyl (C=O) groups is 1. The molecule has 1 amide bonds. The summed E-state index contributed by atoms with van der Waals surface area (Å²) in [5, 5.41) is -1.79. The lowest BCUT2D eigenvalue weighted by molar-refractivity contribution is -0.137. The van der Waals surface area contributed by atoms with E-state index in [1.54, 1.807) is 16.7 Å². The molecular formula is C30H25ClF4N6O5S. The molecule has 11 nitrogen and oxygen atoms in total. The number of anilines is 1. The van der Waals surface area contributed by atoms with Crippen LogP contribution in [0.25, 0.3) is 28.0 Å². The van der Waals surface area contributed by atoms with Gasteiger partial charge in [-0.05, 0) is 43.3 Å². The van der Waals surface area contributed by atoms with Crippen LogP contribution in [0.4, 0.5) is 23.4 Å². The predicted octanol–water partition coefficient (Wildman–Crippen LogP) is 4.05. The van der Waals surface area contributed by atoms with Crippen LogP contribution in [0, 0.1) is 5.82 Å². The molecule has 47 heavy (non-hydrogen) atoms. The van der Waals surface area contributed by atoms with Crippen molar-refractivity contribution in [3.8, 4) is 16.9 Å². The fourth-order valence-electron chi connectivity index (χ4n) is 5.64. The predicted molar refractivity (Wildman–Crippen MR) is 164 cm³/mol. The summed E-state index contributed by atoms with van der Waals surface area (Å²) in [6, 6.07) is 5.81. The third-order valence-electron chi connectivity index (χ3n) is 8.05. The monoisotopic (exact) mass is 692 g/mol. The van der Waals surface area contributed by atoms with Gasteiger partial charge in [0.25, 0.3) is 0 Å². The van der Waals surface area contributed by atoms with Gasteiger partial charge in [0.1, 0.15) is 16.9 Å². The van der Waals surface area contributed by atoms with Crippen LogP contribution < -0.4 is 10.6 Å². The number of carbonyl (C=O) groups excluding carboxylic acids is 1. The number of amides is 1. The molecule has 3 aromatic heterocycles. The van der Waals surface area contributed by atoms with Crippen LogP contribution in [-0.4, -0.2) is 82.9 Å². The zero-order valence-corrected chi connectivity index (χ0v) is 26.1. The topological polar surface area (TPSA) is 128 Å². The van der Waals surface area contributed by atoms with Crippen LogP contribution >= 0.6 is 11.6 Å². The number of nitrogens with zero attached hydrogens (tertiary/aromatic N) is 6. The highest BCUT2D eigenvalue weighted by molar-refractivity contribution is 7.92. The number of alkyl halides is 3. The molecule has 0 saturated carbocycles. The van der Waals surface area contributed by atoms with Gasteiger partial charge >= 0.3 is 11.9 Å². The van der Waals surface area contributed by atoms with Crippen molar-refractivity contribution < 1.29 is 35.5 Å². The van der Waals surface area contributed by atoms with Gasteiger partial charge in [-0.2, -0.15) is 18.2 Å². The molecule has 0 N–H and O–H groups in total. The number of benzene rings is 1. The molecule has 2 aliphatic rings. The van der Waals surface area contributed by atoms with Crippen molar-refractivity contribution in [2.45, 2.75) is 29.4 Å². The van der Waals surface area contributed by atoms with E-state index >= 15 is 4.39 Å². The maximum atomic E-state index is 15.2. The minimum Gasteiger partial charge on any atom is -0.379 e. The van der Waals surface area contributed by atoms with Gasteiger partial charge in [0.2, 0.25) is 15.7 Å². The first-order valence-corrected chi connectivity index (χ1v) is 16.1. The van der Waals surface area contributed by atoms with Crippen molar-refractivity contribution in [2.24, 2.45) is 0 Å². The van der Waals surface area contributed by atoms with E-state index in [1.807, 2.05) is 0 Å². The molecule has 2 fully saturated rings. The summed E-state index contributed by atoms with van der Waals surface area (Å²) in [5.41, 5.74) is -4.61. The van der Waals surface area contributed by atoms with Crippen molar-refractivity contribution in [3.63, 3.8) is 0 Å². The Morgan fingerprint density at radius 1 is 1.15 bits per heavy atom. The molecule has 246 valence electrons. The lowest BCUT2D eigenvalue weighted by Gasteiger charge is -2.40. The fraction of sp³-hybridized carbons (Fsp3) is 0.300. The minimum atomic E-state index is -5.01. The summed E-state index contributed by atoms with van der Waals surface area (Å²) in [6.07, 6.45) is -2.62. The van der Waals surface area contributed by atoms with Gasteiger partial charge in [-0.15, -0.1) is 0 Å². The number of ether oxygens (including phenoxy) is 1. The van der Waals surface area contributed by atoms with Crippen molar-refractivity contribution in [1.82, 2.24) is 24.4 Å². The first-order valence-electron chi connectivity index (χ1n) is 14.2. The zero-order valence-electron chi connectivity index (χ0n) is 24.5. The Morgan fingerprint density at radius 2 is 1.89 bits per heavy atom. The number of piperazine rings is 1. The smallest absolute Gasteiger partial charge is 0.379 e. The molecule has 4 aromatic rings. The van der Waals surface area contributed by atoms with Gasteiger partial charge in [0.15, 0.2) is 10.7 Å². The summed E-state index contributed by atoms with van der Waals surface area (Å²) in [6.45, 7) is 5.70. The second kappa shape index (κ2) is 12.0. The Labute approximate surface area is 270 Å². The minimum absolute atomic E-state index is 0.0330. The highest BCUT2D eigenvalue weighted by Gasteiger charge is 2.39. The molecule has 2 aliphatic heterocycles. The molecule has 1 aromatic carbocycles. The Bertz CT molecular complexity index is 2110. The van der Waals surface area contributed by atoms with Crippen molar-refractivity contribution in [3.05, 3.63) is 82.1 Å². The number of rotatable bonds is 6. The van der Waals surface area contributed by atoms with Gasteiger partial charge in [-0.1, -0.05) is 24.2 Å². The molecule has 0 spiro atoms. The van der Waals surface area contributed by atoms with E-state index in [2.05, 4.69) is 21.5 Å². The molecule has 0 aliphatic carbocycles. The van der Waals surface area contributed by atoms with Gasteiger partial charge in [-0.25, -0.2) is 32.1 Å². The summed E-state index contributed by atoms with van der Waals surface area (Å²) in [5.74, 6) is -1.54. The van der Waals surface area contributed by atoms with Crippen molar-refractivity contribution in [2.75, 3.05) is 37.7 Å². The summed E-state index contributed by atoms with van der Waals surface area (Å²) >= 11 is 6.56. The Morgan fingerprint density at radius 3 is 2.53 bits per heavy atom. The van der Waals surface area contributed by atoms with E-state index in [4.69, 9.17) is 16.3 Å². The third-order valence-corrected chi connectivity index (χ3v) is 10.3. The van der Waals surface area contributed by atoms with E-state index in [0.717, 1.165) is 16.7 Å². The van der Waals surface area contributed by atoms with E-state index in [9.17, 15) is 31.2 Å². The van der Waals surface area contributed by atoms with Crippen LogP contribution in [0.15, 0.2) is 65.1 Å². The van der Waals surface area contributed by atoms with Crippen LogP contribution in [0.2, 0.25) is 5.02 Å². The number of hydrogen-bond donors (Lipinski definition) is 0. The van der Waals surface area contributed by atoms with Crippen LogP contribution in [0.5, 0.6) is 0 Å². The van der Waals surface area contributed by atoms with E-state index in [0.29, 0.717) is 6.07 Å². The average Bonchev–Trinajstić information content (AvgIpc) is 2.99. The summed E-state index contributed by atoms with van der Waals surface area (Å²) < 4.78 is 90.5. The Hall–Kier alpha value is -4.41. The van der Waals surface area contributed by atoms with Crippen LogP contribution in [0.1, 0.15) is 12.5 Å². The molecule has 17 heteroatoms. The van der Waals surface area contributed by atoms with Gasteiger partial charge in [0.05, 0.1) is 40.6 Å². The molecular weight excluding hydrogens is 668 g/mol. The molecule has 6 rings (SSSR count). The number of halogens is 5. The highest BCUT2D eigenvalue weighted by Crippen LogP contribution is 2.42. The van der Waals surface area contributed by atoms with Gasteiger partial charge < -0.3 is 14.5 Å². The Kier molecular flexibility index (Phi) is 8.30. The SMILES string of the molecule is C=CC(=O)N1CCN(c2nc(=O)n(-c3cccnc3S(=O)(=O)C3COC3)c3nc(-c4c(F)cccc4C(F)(F)F)c(Cl)cc23)[C@@H](C)C1. The standard InChI is InChI=1S/C30H25ClF4N6O5S/c1-3-23(42)39-10-11-40(16(2)13-39)26-18-12-20(31)25(24-19(30(33,34)35)6-4-7-21(24)32)37-27(18)41(29(43)38-26)22-8-5-9-36-28(22)47(44,45)17-14-46-15-17/h3-9,12,16-17H,1,10-11,13-15H2,2H3/t16-/m0/s1. The molecule has 0 radical (unpaired) electrons. The lowest BCUT2D eigenvalue weighted by atomic mass is 10.0. The maximum Gasteiger partial charge on any atom is 0.417 e. The highest BCUT2D eigenvalue weighted by atomic mass is 35.5. The van der Waals surface area contributed by atoms with Crippen LogP contribution in [-0.2, 0) is 25.5 Å². The Balaban J connectivity index is 1.66. The summed E-state index contributed by atoms with van der Waals surface area (Å²) in [7, 11) is -4.17. The number of pyridine rings is 2. The second-order valence-corrected chi connectivity index (χ2v) is 13.5. The van der Waals surface area contributed by atoms with Gasteiger partial charge in [-0.3, -0.25) is 4.79 Å². The maximum absolute atomic E-state index is 15.2. The van der Waals surface area contributed by atoms with E-state index in [-0.39, 0.29) is 66.3 Å². The average molecular weight is 693 g/mol. The quantitative estimate of drug-likeness (QED) is 0.217. The van der Waals surface area contributed by atoms with Crippen LogP contribution in [0.3, 0.4) is 0 Å². The number of hydrogen-bond acceptors (Lipinski definition) is 9. The van der Waals surface area contributed by atoms with Crippen molar-refractivity contribution >= 4 is 44.2 Å². The van der Waals surface area contributed by atoms with E-state index < -0.39 is 60.7 Å². The third kappa shape index (κ3) is 5.63. The first kappa shape index (κ1) is 32.5. The number of fused-ring (bicyclic) bond motifs is 1. The number of aromatic nitrogens is 4. The fourth-order valence-corrected chi connectivity index (χ4v) is 7.41. The molecule has 5 heterocycles. The van der Waals surface area contributed by atoms with Gasteiger partial charge in [0, 0.05) is 37.4 Å². The molecule has 2 saturated heterocycles. The first-order chi connectivity index (χ1) is 22.2.